The van der Waals surface area contributed by atoms with Crippen LogP contribution in [0.4, 0.5) is 0 Å². The molecule has 0 saturated heterocycles. The van der Waals surface area contributed by atoms with Crippen LogP contribution in [0.5, 0.6) is 5.75 Å². The molecule has 0 N–H and O–H groups in total. The van der Waals surface area contributed by atoms with Gasteiger partial charge in [-0.05, 0) is 69.1 Å². The Morgan fingerprint density at radius 1 is 1.02 bits per heavy atom. The number of ether oxygens (including phenoxy) is 7. The summed E-state index contributed by atoms with van der Waals surface area (Å²) < 4.78 is 41.5. The number of cyclic esters (lactones) is 1. The van der Waals surface area contributed by atoms with Gasteiger partial charge < -0.3 is 33.2 Å². The van der Waals surface area contributed by atoms with Gasteiger partial charge in [0.15, 0.2) is 0 Å². The predicted molar refractivity (Wildman–Crippen MR) is 188 cm³/mol. The zero-order valence-corrected chi connectivity index (χ0v) is 29.1. The third kappa shape index (κ3) is 13.3. The highest BCUT2D eigenvalue weighted by atomic mass is 16.7. The first-order valence-corrected chi connectivity index (χ1v) is 17.1. The fraction of sp³-hybridized carbons (Fsp3) is 0.525. The van der Waals surface area contributed by atoms with Crippen LogP contribution in [0.15, 0.2) is 96.7 Å². The average Bonchev–Trinajstić information content (AvgIpc) is 3.06. The van der Waals surface area contributed by atoms with Crippen molar-refractivity contribution in [1.29, 1.82) is 0 Å². The van der Waals surface area contributed by atoms with Gasteiger partial charge in [0, 0.05) is 19.6 Å². The highest BCUT2D eigenvalue weighted by molar-refractivity contribution is 5.82. The SMILES string of the molecule is C=C1C[C@H](C)C[C@@H]2CC=C[C@@H](C/C=C\C(=O)O[C@H]([C@H](/C=C/[C@@H]3CC(C)=CCO3)OCc3ccc(OC)cc3)C/C=C\[C@@H](OCOC)C1)O2. The van der Waals surface area contributed by atoms with Gasteiger partial charge in [0.05, 0.1) is 44.7 Å². The van der Waals surface area contributed by atoms with Crippen LogP contribution in [0.1, 0.15) is 64.4 Å². The smallest absolute Gasteiger partial charge is 0.330 e. The van der Waals surface area contributed by atoms with Crippen LogP contribution in [0.25, 0.3) is 0 Å². The molecule has 2 bridgehead atoms. The number of hydrogen-bond donors (Lipinski definition) is 0. The summed E-state index contributed by atoms with van der Waals surface area (Å²) in [5.74, 6) is 0.757. The Labute approximate surface area is 287 Å². The molecule has 1 aromatic rings. The molecule has 8 heteroatoms. The second kappa shape index (κ2) is 20.3. The van der Waals surface area contributed by atoms with Crippen molar-refractivity contribution < 1.29 is 38.0 Å². The molecule has 1 aromatic carbocycles. The van der Waals surface area contributed by atoms with Crippen LogP contribution in [0.3, 0.4) is 0 Å². The minimum atomic E-state index is -0.617. The van der Waals surface area contributed by atoms with Crippen molar-refractivity contribution in [3.8, 4) is 5.75 Å². The first-order chi connectivity index (χ1) is 23.3. The first-order valence-electron chi connectivity index (χ1n) is 17.1. The van der Waals surface area contributed by atoms with Crippen LogP contribution in [0, 0.1) is 5.92 Å². The molecule has 262 valence electrons. The molecule has 48 heavy (non-hydrogen) atoms. The Kier molecular flexibility index (Phi) is 15.9. The van der Waals surface area contributed by atoms with Crippen molar-refractivity contribution in [2.75, 3.05) is 27.6 Å². The summed E-state index contributed by atoms with van der Waals surface area (Å²) in [5, 5.41) is 0. The molecule has 3 heterocycles. The van der Waals surface area contributed by atoms with E-state index in [1.807, 2.05) is 54.6 Å². The standard InChI is InChI=1S/C40H54O8/c1-29-21-22-44-36(24-29)19-20-38(45-27-32-15-17-33(43-5)18-16-32)39-13-7-11-35(46-28-42-4)25-30(2)23-31(3)26-37-12-6-9-34(47-37)10-8-14-40(41)48-39/h6-9,11,14-21,31,34-39H,2,10,12-13,22-28H2,1,3-5H3/b11-7-,14-8-,20-19+/t31-,34-,35+,36+,37-,38-,39-/m0/s1. The van der Waals surface area contributed by atoms with Crippen molar-refractivity contribution in [3.63, 3.8) is 0 Å². The molecule has 0 radical (unpaired) electrons. The molecule has 0 unspecified atom stereocenters. The van der Waals surface area contributed by atoms with Crippen LogP contribution in [-0.2, 0) is 39.8 Å². The Balaban J connectivity index is 1.59. The molecule has 8 nitrogen and oxygen atoms in total. The maximum absolute atomic E-state index is 13.3. The molecule has 0 saturated carbocycles. The van der Waals surface area contributed by atoms with E-state index >= 15 is 0 Å². The maximum Gasteiger partial charge on any atom is 0.330 e. The molecule has 0 aliphatic carbocycles. The summed E-state index contributed by atoms with van der Waals surface area (Å²) in [5.41, 5.74) is 3.37. The number of carbonyl (C=O) groups is 1. The van der Waals surface area contributed by atoms with Crippen molar-refractivity contribution >= 4 is 5.97 Å². The number of methoxy groups -OCH3 is 2. The lowest BCUT2D eigenvalue weighted by Crippen LogP contribution is -2.32. The lowest BCUT2D eigenvalue weighted by molar-refractivity contribution is -0.149. The number of carbonyl (C=O) groups excluding carboxylic acids is 1. The van der Waals surface area contributed by atoms with E-state index in [0.29, 0.717) is 38.4 Å². The van der Waals surface area contributed by atoms with Gasteiger partial charge in [-0.1, -0.05) is 85.4 Å². The van der Waals surface area contributed by atoms with Crippen LogP contribution in [-0.4, -0.2) is 70.2 Å². The van der Waals surface area contributed by atoms with E-state index in [0.717, 1.165) is 42.6 Å². The highest BCUT2D eigenvalue weighted by Crippen LogP contribution is 2.27. The number of hydrogen-bond acceptors (Lipinski definition) is 8. The largest absolute Gasteiger partial charge is 0.497 e. The number of benzene rings is 1. The molecular formula is C40H54O8. The monoisotopic (exact) mass is 662 g/mol. The number of rotatable bonds is 10. The molecule has 0 aromatic heterocycles. The Morgan fingerprint density at radius 3 is 2.60 bits per heavy atom. The Hall–Kier alpha value is -3.27. The molecule has 0 fully saturated rings. The van der Waals surface area contributed by atoms with Gasteiger partial charge in [-0.15, -0.1) is 0 Å². The Morgan fingerprint density at radius 2 is 1.83 bits per heavy atom. The fourth-order valence-corrected chi connectivity index (χ4v) is 6.18. The summed E-state index contributed by atoms with van der Waals surface area (Å²) in [6.45, 7) is 9.79. The minimum absolute atomic E-state index is 0.0795. The second-order valence-electron chi connectivity index (χ2n) is 13.0. The zero-order chi connectivity index (χ0) is 34.1. The lowest BCUT2D eigenvalue weighted by atomic mass is 9.91. The number of esters is 1. The first kappa shape index (κ1) is 37.5. The van der Waals surface area contributed by atoms with Gasteiger partial charge in [-0.3, -0.25) is 0 Å². The molecule has 3 aliphatic rings. The molecule has 3 aliphatic heterocycles. The average molecular weight is 663 g/mol. The zero-order valence-electron chi connectivity index (χ0n) is 29.1. The third-order valence-electron chi connectivity index (χ3n) is 8.67. The topological polar surface area (TPSA) is 81.7 Å². The van der Waals surface area contributed by atoms with Crippen LogP contribution >= 0.6 is 0 Å². The van der Waals surface area contributed by atoms with Gasteiger partial charge >= 0.3 is 5.97 Å². The summed E-state index contributed by atoms with van der Waals surface area (Å²) >= 11 is 0. The van der Waals surface area contributed by atoms with Gasteiger partial charge in [-0.25, -0.2) is 4.79 Å². The maximum atomic E-state index is 13.3. The summed E-state index contributed by atoms with van der Waals surface area (Å²) in [6.07, 6.45) is 21.5. The molecule has 4 rings (SSSR count). The van der Waals surface area contributed by atoms with Crippen LogP contribution < -0.4 is 4.74 Å². The van der Waals surface area contributed by atoms with E-state index in [-0.39, 0.29) is 31.2 Å². The van der Waals surface area contributed by atoms with E-state index in [1.54, 1.807) is 14.2 Å². The summed E-state index contributed by atoms with van der Waals surface area (Å²) in [4.78, 5) is 13.3. The lowest BCUT2D eigenvalue weighted by Gasteiger charge is -2.28. The normalized spacial score (nSPS) is 29.7. The van der Waals surface area contributed by atoms with E-state index < -0.39 is 18.2 Å². The van der Waals surface area contributed by atoms with Crippen molar-refractivity contribution in [3.05, 3.63) is 102 Å². The van der Waals surface area contributed by atoms with E-state index in [4.69, 9.17) is 33.2 Å². The summed E-state index contributed by atoms with van der Waals surface area (Å²) in [6, 6.07) is 7.74. The van der Waals surface area contributed by atoms with E-state index in [2.05, 4.69) is 38.7 Å². The highest BCUT2D eigenvalue weighted by Gasteiger charge is 2.25. The van der Waals surface area contributed by atoms with Crippen molar-refractivity contribution in [2.45, 2.75) is 102 Å². The molecule has 7 atom stereocenters. The molecule has 0 amide bonds. The van der Waals surface area contributed by atoms with Gasteiger partial charge in [0.1, 0.15) is 24.8 Å². The van der Waals surface area contributed by atoms with Gasteiger partial charge in [0.25, 0.3) is 0 Å². The van der Waals surface area contributed by atoms with Gasteiger partial charge in [0.2, 0.25) is 0 Å². The van der Waals surface area contributed by atoms with E-state index in [1.165, 1.54) is 11.6 Å². The van der Waals surface area contributed by atoms with Crippen molar-refractivity contribution in [2.24, 2.45) is 5.92 Å². The third-order valence-corrected chi connectivity index (χ3v) is 8.67. The van der Waals surface area contributed by atoms with Gasteiger partial charge in [-0.2, -0.15) is 0 Å². The number of fused-ring (bicyclic) bond motifs is 2. The quantitative estimate of drug-likeness (QED) is 0.143. The second-order valence-corrected chi connectivity index (χ2v) is 13.0. The van der Waals surface area contributed by atoms with E-state index in [9.17, 15) is 4.79 Å². The van der Waals surface area contributed by atoms with Crippen LogP contribution in [0.2, 0.25) is 0 Å². The summed E-state index contributed by atoms with van der Waals surface area (Å²) in [7, 11) is 3.25. The minimum Gasteiger partial charge on any atom is -0.497 e. The molecule has 0 spiro atoms. The fourth-order valence-electron chi connectivity index (χ4n) is 6.18. The predicted octanol–water partition coefficient (Wildman–Crippen LogP) is 7.76. The van der Waals surface area contributed by atoms with Crippen molar-refractivity contribution in [1.82, 2.24) is 0 Å². The molecular weight excluding hydrogens is 608 g/mol. The Bertz CT molecular complexity index is 1290.